The summed E-state index contributed by atoms with van der Waals surface area (Å²) in [6.07, 6.45) is 1.47. The molecule has 1 amide bonds. The number of methoxy groups -OCH3 is 1. The smallest absolute Gasteiger partial charge is 0.277 e. The van der Waals surface area contributed by atoms with Gasteiger partial charge in [-0.3, -0.25) is 4.79 Å². The van der Waals surface area contributed by atoms with Gasteiger partial charge in [-0.05, 0) is 63.4 Å². The zero-order valence-electron chi connectivity index (χ0n) is 15.7. The highest BCUT2D eigenvalue weighted by Crippen LogP contribution is 2.31. The number of carbonyl (C=O) groups excluding carboxylic acids is 1. The summed E-state index contributed by atoms with van der Waals surface area (Å²) in [5.41, 5.74) is 4.36. The molecular formula is C20H23IN2O4. The van der Waals surface area contributed by atoms with Crippen LogP contribution >= 0.6 is 22.6 Å². The summed E-state index contributed by atoms with van der Waals surface area (Å²) in [6, 6.07) is 11.0. The summed E-state index contributed by atoms with van der Waals surface area (Å²) in [5, 5.41) is 13.7. The first-order chi connectivity index (χ1) is 12.7. The Morgan fingerprint density at radius 1 is 1.26 bits per heavy atom. The summed E-state index contributed by atoms with van der Waals surface area (Å²) in [7, 11) is 1.47. The Hall–Kier alpha value is -2.29. The van der Waals surface area contributed by atoms with Crippen molar-refractivity contribution in [1.29, 1.82) is 0 Å². The van der Waals surface area contributed by atoms with Gasteiger partial charge in [-0.25, -0.2) is 5.43 Å². The fourth-order valence-corrected chi connectivity index (χ4v) is 2.86. The highest BCUT2D eigenvalue weighted by atomic mass is 127. The lowest BCUT2D eigenvalue weighted by Crippen LogP contribution is -2.24. The number of amides is 1. The molecular weight excluding hydrogens is 459 g/mol. The standard InChI is InChI=1S/C20H23IN2O4/c1-20(2,3)14-5-7-15(8-6-14)27-12-18(24)23-22-11-13-9-16(21)19(25)17(10-13)26-4/h5-11,25H,12H2,1-4H3,(H,23,24)/b22-11-. The van der Waals surface area contributed by atoms with Crippen LogP contribution in [-0.2, 0) is 10.2 Å². The second kappa shape index (κ2) is 9.07. The first-order valence-corrected chi connectivity index (χ1v) is 9.40. The number of ether oxygens (including phenoxy) is 2. The monoisotopic (exact) mass is 482 g/mol. The average Bonchev–Trinajstić information content (AvgIpc) is 2.62. The molecule has 0 fully saturated rings. The molecule has 27 heavy (non-hydrogen) atoms. The fourth-order valence-electron chi connectivity index (χ4n) is 2.24. The number of hydrogen-bond acceptors (Lipinski definition) is 5. The molecule has 0 aromatic heterocycles. The topological polar surface area (TPSA) is 80.2 Å². The summed E-state index contributed by atoms with van der Waals surface area (Å²) >= 11 is 1.99. The number of phenols is 1. The van der Waals surface area contributed by atoms with Gasteiger partial charge in [0.15, 0.2) is 18.1 Å². The van der Waals surface area contributed by atoms with E-state index in [2.05, 4.69) is 31.3 Å². The minimum Gasteiger partial charge on any atom is -0.504 e. The number of hydrogen-bond donors (Lipinski definition) is 2. The lowest BCUT2D eigenvalue weighted by atomic mass is 9.87. The maximum atomic E-state index is 11.9. The van der Waals surface area contributed by atoms with E-state index in [1.807, 2.05) is 46.9 Å². The zero-order chi connectivity index (χ0) is 20.0. The number of carbonyl (C=O) groups is 1. The molecule has 7 heteroatoms. The van der Waals surface area contributed by atoms with Crippen molar-refractivity contribution in [2.45, 2.75) is 26.2 Å². The van der Waals surface area contributed by atoms with Crippen LogP contribution in [0.5, 0.6) is 17.2 Å². The minimum atomic E-state index is -0.369. The van der Waals surface area contributed by atoms with Gasteiger partial charge in [-0.1, -0.05) is 32.9 Å². The van der Waals surface area contributed by atoms with Crippen molar-refractivity contribution >= 4 is 34.7 Å². The third-order valence-electron chi connectivity index (χ3n) is 3.76. The van der Waals surface area contributed by atoms with Crippen molar-refractivity contribution in [2.75, 3.05) is 13.7 Å². The first kappa shape index (κ1) is 21.0. The van der Waals surface area contributed by atoms with Gasteiger partial charge in [0.25, 0.3) is 5.91 Å². The van der Waals surface area contributed by atoms with E-state index in [9.17, 15) is 9.90 Å². The van der Waals surface area contributed by atoms with Crippen molar-refractivity contribution in [1.82, 2.24) is 5.43 Å². The molecule has 0 aliphatic heterocycles. The van der Waals surface area contributed by atoms with Crippen LogP contribution in [0.4, 0.5) is 0 Å². The van der Waals surface area contributed by atoms with E-state index in [0.717, 1.165) is 0 Å². The molecule has 0 heterocycles. The number of hydrazone groups is 1. The van der Waals surface area contributed by atoms with E-state index in [1.165, 1.54) is 18.9 Å². The van der Waals surface area contributed by atoms with Crippen LogP contribution in [0.25, 0.3) is 0 Å². The Morgan fingerprint density at radius 2 is 1.93 bits per heavy atom. The third-order valence-corrected chi connectivity index (χ3v) is 4.59. The summed E-state index contributed by atoms with van der Waals surface area (Å²) in [5.74, 6) is 0.674. The molecule has 0 atom stereocenters. The maximum Gasteiger partial charge on any atom is 0.277 e. The van der Waals surface area contributed by atoms with Crippen LogP contribution < -0.4 is 14.9 Å². The van der Waals surface area contributed by atoms with E-state index >= 15 is 0 Å². The van der Waals surface area contributed by atoms with Gasteiger partial charge in [-0.2, -0.15) is 5.10 Å². The van der Waals surface area contributed by atoms with E-state index in [1.54, 1.807) is 12.1 Å². The normalized spacial score (nSPS) is 11.4. The molecule has 0 radical (unpaired) electrons. The molecule has 144 valence electrons. The molecule has 0 unspecified atom stereocenters. The Balaban J connectivity index is 1.88. The average molecular weight is 482 g/mol. The van der Waals surface area contributed by atoms with Gasteiger partial charge < -0.3 is 14.6 Å². The molecule has 0 saturated heterocycles. The second-order valence-electron chi connectivity index (χ2n) is 6.91. The number of benzene rings is 2. The number of rotatable bonds is 6. The first-order valence-electron chi connectivity index (χ1n) is 8.32. The lowest BCUT2D eigenvalue weighted by Gasteiger charge is -2.19. The molecule has 2 rings (SSSR count). The largest absolute Gasteiger partial charge is 0.504 e. The van der Waals surface area contributed by atoms with Crippen molar-refractivity contribution in [3.8, 4) is 17.2 Å². The summed E-state index contributed by atoms with van der Waals surface area (Å²) < 4.78 is 11.2. The summed E-state index contributed by atoms with van der Waals surface area (Å²) in [6.45, 7) is 6.28. The van der Waals surface area contributed by atoms with Crippen molar-refractivity contribution in [3.05, 3.63) is 51.1 Å². The van der Waals surface area contributed by atoms with Crippen LogP contribution in [0.15, 0.2) is 41.5 Å². The maximum absolute atomic E-state index is 11.9. The van der Waals surface area contributed by atoms with E-state index in [-0.39, 0.29) is 23.7 Å². The molecule has 0 spiro atoms. The van der Waals surface area contributed by atoms with E-state index in [0.29, 0.717) is 20.6 Å². The van der Waals surface area contributed by atoms with E-state index in [4.69, 9.17) is 9.47 Å². The predicted octanol–water partition coefficient (Wildman–Crippen LogP) is 3.83. The van der Waals surface area contributed by atoms with Crippen LogP contribution in [0, 0.1) is 3.57 Å². The zero-order valence-corrected chi connectivity index (χ0v) is 17.9. The molecule has 2 aromatic rings. The van der Waals surface area contributed by atoms with Gasteiger partial charge in [0.2, 0.25) is 0 Å². The van der Waals surface area contributed by atoms with Gasteiger partial charge in [0.1, 0.15) is 5.75 Å². The van der Waals surface area contributed by atoms with Crippen LogP contribution in [0.3, 0.4) is 0 Å². The summed E-state index contributed by atoms with van der Waals surface area (Å²) in [4.78, 5) is 11.9. The quantitative estimate of drug-likeness (QED) is 0.373. The van der Waals surface area contributed by atoms with Crippen molar-refractivity contribution in [3.63, 3.8) is 0 Å². The third kappa shape index (κ3) is 6.13. The molecule has 0 saturated carbocycles. The number of halogens is 1. The van der Waals surface area contributed by atoms with Crippen LogP contribution in [-0.4, -0.2) is 30.9 Å². The van der Waals surface area contributed by atoms with Gasteiger partial charge in [0, 0.05) is 0 Å². The Bertz CT molecular complexity index is 827. The molecule has 2 aromatic carbocycles. The van der Waals surface area contributed by atoms with Gasteiger partial charge in [-0.15, -0.1) is 0 Å². The molecule has 2 N–H and O–H groups in total. The highest BCUT2D eigenvalue weighted by molar-refractivity contribution is 14.1. The van der Waals surface area contributed by atoms with Crippen molar-refractivity contribution < 1.29 is 19.4 Å². The SMILES string of the molecule is COc1cc(/C=N\NC(=O)COc2ccc(C(C)(C)C)cc2)cc(I)c1O. The number of nitrogens with one attached hydrogen (secondary N) is 1. The molecule has 0 aliphatic carbocycles. The van der Waals surface area contributed by atoms with Gasteiger partial charge in [0.05, 0.1) is 16.9 Å². The van der Waals surface area contributed by atoms with E-state index < -0.39 is 0 Å². The second-order valence-corrected chi connectivity index (χ2v) is 8.07. The Morgan fingerprint density at radius 3 is 2.52 bits per heavy atom. The minimum absolute atomic E-state index is 0.0688. The number of phenolic OH excluding ortho intramolecular Hbond substituents is 1. The van der Waals surface area contributed by atoms with Crippen molar-refractivity contribution in [2.24, 2.45) is 5.10 Å². The lowest BCUT2D eigenvalue weighted by molar-refractivity contribution is -0.123. The molecule has 0 bridgehead atoms. The van der Waals surface area contributed by atoms with Crippen LogP contribution in [0.1, 0.15) is 31.9 Å². The fraction of sp³-hybridized carbons (Fsp3) is 0.300. The Kier molecular flexibility index (Phi) is 7.06. The molecule has 6 nitrogen and oxygen atoms in total. The number of aromatic hydroxyl groups is 1. The Labute approximate surface area is 172 Å². The van der Waals surface area contributed by atoms with Gasteiger partial charge >= 0.3 is 0 Å². The highest BCUT2D eigenvalue weighted by Gasteiger charge is 2.13. The van der Waals surface area contributed by atoms with Crippen LogP contribution in [0.2, 0.25) is 0 Å². The molecule has 0 aliphatic rings. The number of nitrogens with zero attached hydrogens (tertiary/aromatic N) is 1. The predicted molar refractivity (Wildman–Crippen MR) is 114 cm³/mol.